The van der Waals surface area contributed by atoms with Gasteiger partial charge in [0.2, 0.25) is 0 Å². The summed E-state index contributed by atoms with van der Waals surface area (Å²) >= 11 is 0. The Hall–Kier alpha value is -1.45. The number of aromatic nitrogens is 2. The second kappa shape index (κ2) is 4.87. The van der Waals surface area contributed by atoms with Crippen molar-refractivity contribution < 1.29 is 9.59 Å². The van der Waals surface area contributed by atoms with Gasteiger partial charge in [-0.05, 0) is 13.3 Å². The van der Waals surface area contributed by atoms with E-state index in [1.165, 1.54) is 6.92 Å². The average molecular weight is 208 g/mol. The molecule has 82 valence electrons. The van der Waals surface area contributed by atoms with Crippen molar-refractivity contribution in [2.45, 2.75) is 33.1 Å². The van der Waals surface area contributed by atoms with E-state index in [-0.39, 0.29) is 18.0 Å². The van der Waals surface area contributed by atoms with E-state index in [0.717, 1.165) is 12.1 Å². The SMILES string of the molecule is CCc1nn(C)cc1C(=O)CCC(C)=O. The topological polar surface area (TPSA) is 52.0 Å². The average Bonchev–Trinajstić information content (AvgIpc) is 2.56. The first-order chi connectivity index (χ1) is 7.04. The molecule has 0 saturated carbocycles. The van der Waals surface area contributed by atoms with Gasteiger partial charge in [0.25, 0.3) is 0 Å². The molecule has 0 bridgehead atoms. The van der Waals surface area contributed by atoms with Crippen molar-refractivity contribution in [2.24, 2.45) is 7.05 Å². The number of hydrogen-bond donors (Lipinski definition) is 0. The highest BCUT2D eigenvalue weighted by atomic mass is 16.1. The molecule has 0 amide bonds. The molecule has 0 aliphatic rings. The number of nitrogens with zero attached hydrogens (tertiary/aromatic N) is 2. The van der Waals surface area contributed by atoms with Gasteiger partial charge in [-0.3, -0.25) is 9.48 Å². The van der Waals surface area contributed by atoms with Crippen LogP contribution in [0, 0.1) is 0 Å². The summed E-state index contributed by atoms with van der Waals surface area (Å²) in [6.45, 7) is 3.46. The van der Waals surface area contributed by atoms with Crippen molar-refractivity contribution in [2.75, 3.05) is 0 Å². The van der Waals surface area contributed by atoms with Crippen LogP contribution in [0.2, 0.25) is 0 Å². The molecule has 0 aliphatic carbocycles. The van der Waals surface area contributed by atoms with E-state index in [4.69, 9.17) is 0 Å². The Balaban J connectivity index is 2.76. The van der Waals surface area contributed by atoms with Gasteiger partial charge < -0.3 is 4.79 Å². The molecule has 4 heteroatoms. The quantitative estimate of drug-likeness (QED) is 0.689. The minimum Gasteiger partial charge on any atom is -0.300 e. The van der Waals surface area contributed by atoms with Crippen molar-refractivity contribution in [1.82, 2.24) is 9.78 Å². The zero-order valence-electron chi connectivity index (χ0n) is 9.41. The lowest BCUT2D eigenvalue weighted by molar-refractivity contribution is -0.116. The first-order valence-corrected chi connectivity index (χ1v) is 5.09. The van der Waals surface area contributed by atoms with Crippen molar-refractivity contribution in [3.63, 3.8) is 0 Å². The van der Waals surface area contributed by atoms with Gasteiger partial charge >= 0.3 is 0 Å². The largest absolute Gasteiger partial charge is 0.300 e. The molecule has 0 aliphatic heterocycles. The number of rotatable bonds is 5. The zero-order chi connectivity index (χ0) is 11.4. The first kappa shape index (κ1) is 11.6. The summed E-state index contributed by atoms with van der Waals surface area (Å²) in [6, 6.07) is 0. The van der Waals surface area contributed by atoms with Crippen LogP contribution in [0.5, 0.6) is 0 Å². The van der Waals surface area contributed by atoms with Crippen molar-refractivity contribution >= 4 is 11.6 Å². The molecule has 0 radical (unpaired) electrons. The number of Topliss-reactive ketones (excluding diaryl/α,β-unsaturated/α-hetero) is 2. The second-order valence-corrected chi connectivity index (χ2v) is 3.64. The maximum atomic E-state index is 11.7. The van der Waals surface area contributed by atoms with Crippen LogP contribution < -0.4 is 0 Å². The molecule has 0 spiro atoms. The van der Waals surface area contributed by atoms with Crippen LogP contribution >= 0.6 is 0 Å². The summed E-state index contributed by atoms with van der Waals surface area (Å²) in [5.41, 5.74) is 1.47. The van der Waals surface area contributed by atoms with E-state index in [1.54, 1.807) is 17.9 Å². The van der Waals surface area contributed by atoms with Crippen LogP contribution in [-0.2, 0) is 18.3 Å². The van der Waals surface area contributed by atoms with Gasteiger partial charge in [0.15, 0.2) is 5.78 Å². The predicted molar refractivity (Wildman–Crippen MR) is 56.8 cm³/mol. The van der Waals surface area contributed by atoms with Crippen LogP contribution in [0.4, 0.5) is 0 Å². The number of aryl methyl sites for hydroxylation is 2. The highest BCUT2D eigenvalue weighted by molar-refractivity contribution is 5.98. The summed E-state index contributed by atoms with van der Waals surface area (Å²) in [6.07, 6.45) is 3.06. The van der Waals surface area contributed by atoms with Gasteiger partial charge in [0.05, 0.1) is 11.3 Å². The van der Waals surface area contributed by atoms with Crippen LogP contribution in [0.15, 0.2) is 6.20 Å². The molecule has 0 saturated heterocycles. The lowest BCUT2D eigenvalue weighted by Crippen LogP contribution is -2.03. The lowest BCUT2D eigenvalue weighted by Gasteiger charge is -1.97. The van der Waals surface area contributed by atoms with Crippen molar-refractivity contribution in [3.8, 4) is 0 Å². The Bertz CT molecular complexity index is 380. The smallest absolute Gasteiger partial charge is 0.166 e. The fourth-order valence-corrected chi connectivity index (χ4v) is 1.45. The minimum atomic E-state index is 0.00940. The lowest BCUT2D eigenvalue weighted by atomic mass is 10.1. The third-order valence-corrected chi connectivity index (χ3v) is 2.24. The maximum Gasteiger partial charge on any atom is 0.166 e. The molecule has 0 N–H and O–H groups in total. The normalized spacial score (nSPS) is 10.3. The number of ketones is 2. The highest BCUT2D eigenvalue weighted by Gasteiger charge is 2.14. The van der Waals surface area contributed by atoms with E-state index in [0.29, 0.717) is 12.0 Å². The van der Waals surface area contributed by atoms with Crippen LogP contribution in [-0.4, -0.2) is 21.3 Å². The first-order valence-electron chi connectivity index (χ1n) is 5.09. The molecular weight excluding hydrogens is 192 g/mol. The standard InChI is InChI=1S/C11H16N2O2/c1-4-10-9(7-13(3)12-10)11(15)6-5-8(2)14/h7H,4-6H2,1-3H3. The molecule has 0 fully saturated rings. The van der Waals surface area contributed by atoms with Gasteiger partial charge in [-0.2, -0.15) is 5.10 Å². The van der Waals surface area contributed by atoms with Gasteiger partial charge in [0, 0.05) is 26.1 Å². The number of carbonyl (C=O) groups excluding carboxylic acids is 2. The Kier molecular flexibility index (Phi) is 3.77. The summed E-state index contributed by atoms with van der Waals surface area (Å²) in [5.74, 6) is 0.0560. The molecule has 1 aromatic heterocycles. The van der Waals surface area contributed by atoms with Gasteiger partial charge in [0.1, 0.15) is 5.78 Å². The Morgan fingerprint density at radius 1 is 1.40 bits per heavy atom. The summed E-state index contributed by atoms with van der Waals surface area (Å²) < 4.78 is 1.64. The Morgan fingerprint density at radius 2 is 2.07 bits per heavy atom. The summed E-state index contributed by atoms with van der Waals surface area (Å²) in [7, 11) is 1.79. The molecule has 1 heterocycles. The van der Waals surface area contributed by atoms with E-state index in [9.17, 15) is 9.59 Å². The molecule has 1 rings (SSSR count). The second-order valence-electron chi connectivity index (χ2n) is 3.64. The molecule has 15 heavy (non-hydrogen) atoms. The maximum absolute atomic E-state index is 11.7. The molecule has 0 aromatic carbocycles. The fraction of sp³-hybridized carbons (Fsp3) is 0.545. The predicted octanol–water partition coefficient (Wildman–Crippen LogP) is 1.53. The third-order valence-electron chi connectivity index (χ3n) is 2.24. The van der Waals surface area contributed by atoms with E-state index in [2.05, 4.69) is 5.10 Å². The molecule has 1 aromatic rings. The van der Waals surface area contributed by atoms with Gasteiger partial charge in [-0.1, -0.05) is 6.92 Å². The number of hydrogen-bond acceptors (Lipinski definition) is 3. The highest BCUT2D eigenvalue weighted by Crippen LogP contribution is 2.11. The van der Waals surface area contributed by atoms with Gasteiger partial charge in [-0.25, -0.2) is 0 Å². The monoisotopic (exact) mass is 208 g/mol. The van der Waals surface area contributed by atoms with Crippen LogP contribution in [0.3, 0.4) is 0 Å². The van der Waals surface area contributed by atoms with Crippen molar-refractivity contribution in [3.05, 3.63) is 17.5 Å². The summed E-state index contributed by atoms with van der Waals surface area (Å²) in [4.78, 5) is 22.5. The van der Waals surface area contributed by atoms with Gasteiger partial charge in [-0.15, -0.1) is 0 Å². The molecule has 0 atom stereocenters. The zero-order valence-corrected chi connectivity index (χ0v) is 9.41. The van der Waals surface area contributed by atoms with Crippen LogP contribution in [0.1, 0.15) is 42.7 Å². The van der Waals surface area contributed by atoms with E-state index < -0.39 is 0 Å². The van der Waals surface area contributed by atoms with E-state index in [1.807, 2.05) is 6.92 Å². The minimum absolute atomic E-state index is 0.00940. The molecule has 4 nitrogen and oxygen atoms in total. The third kappa shape index (κ3) is 3.01. The Labute approximate surface area is 89.3 Å². The van der Waals surface area contributed by atoms with Crippen molar-refractivity contribution in [1.29, 1.82) is 0 Å². The van der Waals surface area contributed by atoms with E-state index >= 15 is 0 Å². The molecular formula is C11H16N2O2. The summed E-state index contributed by atoms with van der Waals surface area (Å²) in [5, 5.41) is 4.19. The Morgan fingerprint density at radius 3 is 2.60 bits per heavy atom. The fourth-order valence-electron chi connectivity index (χ4n) is 1.45. The number of carbonyl (C=O) groups is 2. The van der Waals surface area contributed by atoms with Crippen LogP contribution in [0.25, 0.3) is 0 Å². The molecule has 0 unspecified atom stereocenters.